The SMILES string of the molecule is CCC(N=C1NS(=O)(=O)C(C(F)(F)F)=C1Nc1ccc(C)c(C(=O)N(C)C)c1O)c1cc(C(C)C)co1. The average molecular weight is 543 g/mol. The number of rotatable bonds is 7. The molecule has 0 radical (unpaired) electrons. The number of amidine groups is 1. The zero-order chi connectivity index (χ0) is 27.9. The third kappa shape index (κ3) is 5.60. The molecule has 1 aliphatic rings. The molecule has 13 heteroatoms. The lowest BCUT2D eigenvalue weighted by molar-refractivity contribution is -0.0847. The first-order valence-electron chi connectivity index (χ1n) is 11.4. The number of carbonyl (C=O) groups excluding carboxylic acids is 1. The fourth-order valence-corrected chi connectivity index (χ4v) is 4.98. The molecule has 3 N–H and O–H groups in total. The molecule has 0 aliphatic carbocycles. The van der Waals surface area contributed by atoms with E-state index in [0.29, 0.717) is 17.7 Å². The Kier molecular flexibility index (Phi) is 7.68. The number of allylic oxidation sites excluding steroid dienone is 1. The van der Waals surface area contributed by atoms with E-state index in [-0.39, 0.29) is 17.2 Å². The largest absolute Gasteiger partial charge is 0.505 e. The van der Waals surface area contributed by atoms with Crippen molar-refractivity contribution < 1.29 is 35.9 Å². The van der Waals surface area contributed by atoms with E-state index in [1.54, 1.807) is 19.9 Å². The first-order valence-corrected chi connectivity index (χ1v) is 12.9. The van der Waals surface area contributed by atoms with Gasteiger partial charge >= 0.3 is 6.18 Å². The monoisotopic (exact) mass is 542 g/mol. The Morgan fingerprint density at radius 2 is 1.92 bits per heavy atom. The number of hydrogen-bond donors (Lipinski definition) is 3. The summed E-state index contributed by atoms with van der Waals surface area (Å²) < 4.78 is 74.5. The number of aromatic hydroxyl groups is 1. The number of amides is 1. The van der Waals surface area contributed by atoms with Crippen LogP contribution < -0.4 is 10.0 Å². The quantitative estimate of drug-likeness (QED) is 0.433. The molecule has 3 rings (SSSR count). The highest BCUT2D eigenvalue weighted by Crippen LogP contribution is 2.39. The number of carbonyl (C=O) groups is 1. The van der Waals surface area contributed by atoms with Crippen LogP contribution >= 0.6 is 0 Å². The van der Waals surface area contributed by atoms with Gasteiger partial charge < -0.3 is 19.7 Å². The highest BCUT2D eigenvalue weighted by molar-refractivity contribution is 7.94. The Morgan fingerprint density at radius 1 is 1.27 bits per heavy atom. The van der Waals surface area contributed by atoms with Crippen molar-refractivity contribution in [2.75, 3.05) is 19.4 Å². The standard InChI is InChI=1S/C24H29F3N4O5S/c1-7-15(17-10-14(11-36-17)12(2)3)29-22-19(21(24(25,26)27)37(34,35)30-22)28-16-9-8-13(4)18(20(16)32)23(33)31(5)6/h8-12,15,28,32H,7H2,1-6H3,(H,29,30). The van der Waals surface area contributed by atoms with Crippen LogP contribution in [0.4, 0.5) is 18.9 Å². The molecule has 1 aromatic carbocycles. The van der Waals surface area contributed by atoms with E-state index < -0.39 is 50.3 Å². The minimum Gasteiger partial charge on any atom is -0.505 e. The highest BCUT2D eigenvalue weighted by atomic mass is 32.2. The van der Waals surface area contributed by atoms with Crippen molar-refractivity contribution in [3.63, 3.8) is 0 Å². The van der Waals surface area contributed by atoms with Gasteiger partial charge in [-0.05, 0) is 42.5 Å². The molecule has 1 aromatic heterocycles. The molecule has 1 atom stereocenters. The van der Waals surface area contributed by atoms with Crippen LogP contribution in [0.3, 0.4) is 0 Å². The Morgan fingerprint density at radius 3 is 2.43 bits per heavy atom. The van der Waals surface area contributed by atoms with Crippen molar-refractivity contribution in [2.45, 2.75) is 52.3 Å². The highest BCUT2D eigenvalue weighted by Gasteiger charge is 2.51. The van der Waals surface area contributed by atoms with Crippen molar-refractivity contribution in [3.05, 3.63) is 57.5 Å². The third-order valence-electron chi connectivity index (χ3n) is 5.79. The lowest BCUT2D eigenvalue weighted by Crippen LogP contribution is -2.28. The van der Waals surface area contributed by atoms with Crippen LogP contribution in [0.25, 0.3) is 0 Å². The topological polar surface area (TPSA) is 124 Å². The summed E-state index contributed by atoms with van der Waals surface area (Å²) in [5, 5.41) is 13.2. The van der Waals surface area contributed by atoms with Crippen LogP contribution in [0.5, 0.6) is 5.75 Å². The van der Waals surface area contributed by atoms with E-state index in [1.807, 2.05) is 18.6 Å². The molecule has 0 saturated heterocycles. The normalized spacial score (nSPS) is 17.3. The minimum absolute atomic E-state index is 0.130. The van der Waals surface area contributed by atoms with Crippen molar-refractivity contribution in [1.82, 2.24) is 9.62 Å². The molecular formula is C24H29F3N4O5S. The first kappa shape index (κ1) is 28.1. The predicted molar refractivity (Wildman–Crippen MR) is 133 cm³/mol. The second-order valence-electron chi connectivity index (χ2n) is 9.12. The van der Waals surface area contributed by atoms with Crippen molar-refractivity contribution in [2.24, 2.45) is 4.99 Å². The van der Waals surface area contributed by atoms with Gasteiger partial charge in [0.1, 0.15) is 17.5 Å². The van der Waals surface area contributed by atoms with Gasteiger partial charge in [-0.15, -0.1) is 0 Å². The fraction of sp³-hybridized carbons (Fsp3) is 0.417. The lowest BCUT2D eigenvalue weighted by Gasteiger charge is -2.18. The van der Waals surface area contributed by atoms with Crippen LogP contribution in [0, 0.1) is 6.92 Å². The maximum Gasteiger partial charge on any atom is 0.431 e. The molecule has 2 aromatic rings. The fourth-order valence-electron chi connectivity index (χ4n) is 3.75. The zero-order valence-corrected chi connectivity index (χ0v) is 22.0. The summed E-state index contributed by atoms with van der Waals surface area (Å²) in [6.07, 6.45) is -3.47. The molecule has 1 aliphatic heterocycles. The summed E-state index contributed by atoms with van der Waals surface area (Å²) in [7, 11) is -2.14. The van der Waals surface area contributed by atoms with Gasteiger partial charge in [0.2, 0.25) is 0 Å². The number of aryl methyl sites for hydroxylation is 1. The number of phenols is 1. The maximum atomic E-state index is 14.0. The van der Waals surface area contributed by atoms with Crippen molar-refractivity contribution in [3.8, 4) is 5.75 Å². The Bertz CT molecular complexity index is 1380. The van der Waals surface area contributed by atoms with Gasteiger partial charge in [-0.1, -0.05) is 26.8 Å². The van der Waals surface area contributed by atoms with Crippen LogP contribution in [0.15, 0.2) is 44.5 Å². The van der Waals surface area contributed by atoms with Gasteiger partial charge in [-0.3, -0.25) is 14.5 Å². The Labute approximate surface area is 213 Å². The maximum absolute atomic E-state index is 14.0. The summed E-state index contributed by atoms with van der Waals surface area (Å²) in [5.74, 6) is -1.32. The van der Waals surface area contributed by atoms with Crippen molar-refractivity contribution >= 4 is 27.5 Å². The average Bonchev–Trinajstić information content (AvgIpc) is 3.36. The molecule has 202 valence electrons. The van der Waals surface area contributed by atoms with Gasteiger partial charge in [0.05, 0.1) is 17.5 Å². The number of anilines is 1. The van der Waals surface area contributed by atoms with Gasteiger partial charge in [0.25, 0.3) is 15.9 Å². The van der Waals surface area contributed by atoms with E-state index >= 15 is 0 Å². The molecule has 9 nitrogen and oxygen atoms in total. The number of aliphatic imine (C=N–C) groups is 1. The zero-order valence-electron chi connectivity index (χ0n) is 21.2. The number of alkyl halides is 3. The summed E-state index contributed by atoms with van der Waals surface area (Å²) in [4.78, 5) is 16.1. The van der Waals surface area contributed by atoms with Gasteiger partial charge in [-0.2, -0.15) is 13.2 Å². The number of nitrogens with one attached hydrogen (secondary N) is 2. The lowest BCUT2D eigenvalue weighted by atomic mass is 10.0. The second-order valence-corrected chi connectivity index (χ2v) is 10.7. The summed E-state index contributed by atoms with van der Waals surface area (Å²) in [5.41, 5.74) is -0.105. The van der Waals surface area contributed by atoms with Crippen LogP contribution in [0.1, 0.15) is 66.4 Å². The molecule has 1 amide bonds. The summed E-state index contributed by atoms with van der Waals surface area (Å²) in [6, 6.07) is 3.59. The van der Waals surface area contributed by atoms with Crippen LogP contribution in [-0.2, 0) is 10.0 Å². The molecule has 37 heavy (non-hydrogen) atoms. The van der Waals surface area contributed by atoms with E-state index in [9.17, 15) is 31.5 Å². The van der Waals surface area contributed by atoms with Gasteiger partial charge in [-0.25, -0.2) is 8.42 Å². The second kappa shape index (κ2) is 10.1. The molecular weight excluding hydrogens is 513 g/mol. The number of hydrogen-bond acceptors (Lipinski definition) is 7. The number of benzene rings is 1. The van der Waals surface area contributed by atoms with Gasteiger partial charge in [0.15, 0.2) is 16.5 Å². The van der Waals surface area contributed by atoms with Crippen LogP contribution in [0.2, 0.25) is 0 Å². The molecule has 0 spiro atoms. The molecule has 0 bridgehead atoms. The molecule has 0 fully saturated rings. The smallest absolute Gasteiger partial charge is 0.431 e. The van der Waals surface area contributed by atoms with Gasteiger partial charge in [0, 0.05) is 14.1 Å². The summed E-state index contributed by atoms with van der Waals surface area (Å²) >= 11 is 0. The van der Waals surface area contributed by atoms with E-state index in [2.05, 4.69) is 10.3 Å². The first-order chi connectivity index (χ1) is 17.1. The Balaban J connectivity index is 2.18. The predicted octanol–water partition coefficient (Wildman–Crippen LogP) is 4.79. The third-order valence-corrected chi connectivity index (χ3v) is 7.23. The number of furan rings is 1. The van der Waals surface area contributed by atoms with Crippen molar-refractivity contribution in [1.29, 1.82) is 0 Å². The number of halogens is 3. The number of nitrogens with zero attached hydrogens (tertiary/aromatic N) is 2. The van der Waals surface area contributed by atoms with Crippen LogP contribution in [-0.4, -0.2) is 50.4 Å². The number of phenolic OH excluding ortho intramolecular Hbond substituents is 1. The van der Waals surface area contributed by atoms with E-state index in [1.165, 1.54) is 37.4 Å². The molecule has 2 heterocycles. The number of sulfonamides is 1. The van der Waals surface area contributed by atoms with E-state index in [0.717, 1.165) is 5.56 Å². The molecule has 1 unspecified atom stereocenters. The Hall–Kier alpha value is -3.48. The molecule has 0 saturated carbocycles. The minimum atomic E-state index is -5.29. The summed E-state index contributed by atoms with van der Waals surface area (Å²) in [6.45, 7) is 7.16. The van der Waals surface area contributed by atoms with E-state index in [4.69, 9.17) is 4.42 Å².